The molecule has 1 aromatic carbocycles. The number of carbonyl (C=O) groups is 1. The van der Waals surface area contributed by atoms with Crippen molar-refractivity contribution in [1.82, 2.24) is 9.55 Å². The number of para-hydroxylation sites is 1. The lowest BCUT2D eigenvalue weighted by atomic mass is 10.0. The molecular formula is C16H19N3O2. The summed E-state index contributed by atoms with van der Waals surface area (Å²) in [5.41, 5.74) is 2.77. The van der Waals surface area contributed by atoms with Crippen LogP contribution in [0.15, 0.2) is 18.2 Å². The number of benzene rings is 1. The van der Waals surface area contributed by atoms with E-state index in [2.05, 4.69) is 9.47 Å². The largest absolute Gasteiger partial charge is 0.381 e. The summed E-state index contributed by atoms with van der Waals surface area (Å²) in [4.78, 5) is 19.2. The maximum atomic E-state index is 12.1. The second-order valence-electron chi connectivity index (χ2n) is 5.83. The molecule has 0 N–H and O–H groups in total. The van der Waals surface area contributed by atoms with E-state index in [1.54, 1.807) is 7.11 Å². The van der Waals surface area contributed by atoms with Gasteiger partial charge in [-0.15, -0.1) is 0 Å². The number of Topliss-reactive ketones (excluding diaryl/α,β-unsaturated/α-hetero) is 1. The van der Waals surface area contributed by atoms with Crippen molar-refractivity contribution in [1.29, 1.82) is 0 Å². The third-order valence-corrected chi connectivity index (χ3v) is 4.67. The van der Waals surface area contributed by atoms with Gasteiger partial charge in [0, 0.05) is 38.7 Å². The Bertz CT molecular complexity index is 699. The summed E-state index contributed by atoms with van der Waals surface area (Å²) in [7, 11) is 1.78. The molecule has 21 heavy (non-hydrogen) atoms. The van der Waals surface area contributed by atoms with Crippen molar-refractivity contribution < 1.29 is 9.53 Å². The number of hydrogen-bond donors (Lipinski definition) is 0. The first-order valence-corrected chi connectivity index (χ1v) is 7.58. The lowest BCUT2D eigenvalue weighted by molar-refractivity contribution is 0.0815. The predicted molar refractivity (Wildman–Crippen MR) is 80.9 cm³/mol. The van der Waals surface area contributed by atoms with Crippen LogP contribution >= 0.6 is 0 Å². The van der Waals surface area contributed by atoms with E-state index in [-0.39, 0.29) is 5.78 Å². The molecule has 1 saturated heterocycles. The lowest BCUT2D eigenvalue weighted by Crippen LogP contribution is -2.38. The summed E-state index contributed by atoms with van der Waals surface area (Å²) in [5.74, 6) is 1.25. The number of anilines is 1. The summed E-state index contributed by atoms with van der Waals surface area (Å²) in [5, 5.41) is 0. The average Bonchev–Trinajstić information content (AvgIpc) is 2.91. The molecule has 4 rings (SSSR count). The van der Waals surface area contributed by atoms with Crippen LogP contribution in [-0.2, 0) is 11.3 Å². The first-order valence-electron chi connectivity index (χ1n) is 7.58. The van der Waals surface area contributed by atoms with E-state index in [0.29, 0.717) is 12.5 Å². The minimum Gasteiger partial charge on any atom is -0.381 e. The number of carbonyl (C=O) groups excluding carboxylic acids is 1. The molecule has 2 aliphatic rings. The zero-order valence-electron chi connectivity index (χ0n) is 12.2. The van der Waals surface area contributed by atoms with Gasteiger partial charge in [0.1, 0.15) is 0 Å². The summed E-state index contributed by atoms with van der Waals surface area (Å²) in [6, 6.07) is 5.85. The van der Waals surface area contributed by atoms with Gasteiger partial charge in [0.2, 0.25) is 5.95 Å². The monoisotopic (exact) mass is 285 g/mol. The molecule has 2 aliphatic heterocycles. The summed E-state index contributed by atoms with van der Waals surface area (Å²) in [6.45, 7) is 2.67. The highest BCUT2D eigenvalue weighted by Crippen LogP contribution is 2.31. The number of aromatic nitrogens is 2. The summed E-state index contributed by atoms with van der Waals surface area (Å²) >= 11 is 0. The van der Waals surface area contributed by atoms with Crippen LogP contribution in [0, 0.1) is 0 Å². The van der Waals surface area contributed by atoms with Crippen molar-refractivity contribution in [3.8, 4) is 0 Å². The molecule has 0 spiro atoms. The van der Waals surface area contributed by atoms with Crippen LogP contribution in [0.2, 0.25) is 0 Å². The van der Waals surface area contributed by atoms with Crippen LogP contribution in [0.1, 0.15) is 29.6 Å². The normalized spacial score (nSPS) is 19.5. The first-order chi connectivity index (χ1) is 10.3. The molecule has 0 saturated carbocycles. The summed E-state index contributed by atoms with van der Waals surface area (Å²) < 4.78 is 7.66. The van der Waals surface area contributed by atoms with E-state index in [1.807, 2.05) is 18.2 Å². The Morgan fingerprint density at radius 1 is 1.24 bits per heavy atom. The smallest absolute Gasteiger partial charge is 0.206 e. The van der Waals surface area contributed by atoms with Gasteiger partial charge in [-0.1, -0.05) is 6.07 Å². The molecule has 5 nitrogen and oxygen atoms in total. The highest BCUT2D eigenvalue weighted by Gasteiger charge is 2.27. The van der Waals surface area contributed by atoms with Crippen LogP contribution in [0.4, 0.5) is 5.95 Å². The van der Waals surface area contributed by atoms with E-state index < -0.39 is 0 Å². The molecule has 0 atom stereocenters. The van der Waals surface area contributed by atoms with Crippen LogP contribution in [-0.4, -0.2) is 41.6 Å². The molecule has 0 unspecified atom stereocenters. The number of ketones is 1. The van der Waals surface area contributed by atoms with Crippen molar-refractivity contribution in [2.45, 2.75) is 31.9 Å². The molecular weight excluding hydrogens is 266 g/mol. The molecule has 3 heterocycles. The Balaban J connectivity index is 1.76. The van der Waals surface area contributed by atoms with Gasteiger partial charge in [0.05, 0.1) is 17.1 Å². The van der Waals surface area contributed by atoms with E-state index in [4.69, 9.17) is 9.72 Å². The number of nitrogens with zero attached hydrogens (tertiary/aromatic N) is 3. The number of hydrogen-bond acceptors (Lipinski definition) is 4. The van der Waals surface area contributed by atoms with E-state index in [1.165, 1.54) is 0 Å². The van der Waals surface area contributed by atoms with Gasteiger partial charge in [-0.25, -0.2) is 4.98 Å². The van der Waals surface area contributed by atoms with E-state index in [0.717, 1.165) is 55.0 Å². The van der Waals surface area contributed by atoms with Gasteiger partial charge in [-0.3, -0.25) is 4.79 Å². The molecule has 0 radical (unpaired) electrons. The molecule has 110 valence electrons. The third kappa shape index (κ3) is 1.95. The Kier molecular flexibility index (Phi) is 2.96. The van der Waals surface area contributed by atoms with Crippen molar-refractivity contribution >= 4 is 22.8 Å². The zero-order chi connectivity index (χ0) is 14.4. The quantitative estimate of drug-likeness (QED) is 0.849. The number of imidazole rings is 1. The Labute approximate surface area is 123 Å². The van der Waals surface area contributed by atoms with E-state index in [9.17, 15) is 4.79 Å². The van der Waals surface area contributed by atoms with E-state index >= 15 is 0 Å². The molecule has 1 aromatic heterocycles. The Morgan fingerprint density at radius 3 is 2.81 bits per heavy atom. The van der Waals surface area contributed by atoms with Gasteiger partial charge >= 0.3 is 0 Å². The highest BCUT2D eigenvalue weighted by molar-refractivity contribution is 6.08. The second kappa shape index (κ2) is 4.84. The Hall–Kier alpha value is -1.88. The molecule has 1 fully saturated rings. The molecule has 2 aromatic rings. The van der Waals surface area contributed by atoms with Crippen molar-refractivity contribution in [3.63, 3.8) is 0 Å². The van der Waals surface area contributed by atoms with Gasteiger partial charge in [0.25, 0.3) is 0 Å². The fourth-order valence-corrected chi connectivity index (χ4v) is 3.49. The predicted octanol–water partition coefficient (Wildman–Crippen LogP) is 2.24. The number of aryl methyl sites for hydroxylation is 1. The topological polar surface area (TPSA) is 47.4 Å². The minimum absolute atomic E-state index is 0.234. The van der Waals surface area contributed by atoms with Crippen LogP contribution < -0.4 is 4.90 Å². The number of methoxy groups -OCH3 is 1. The van der Waals surface area contributed by atoms with Crippen molar-refractivity contribution in [2.75, 3.05) is 25.1 Å². The summed E-state index contributed by atoms with van der Waals surface area (Å²) in [6.07, 6.45) is 3.00. The molecule has 0 aliphatic carbocycles. The van der Waals surface area contributed by atoms with Gasteiger partial charge in [0.15, 0.2) is 5.78 Å². The second-order valence-corrected chi connectivity index (χ2v) is 5.83. The number of piperidine rings is 1. The minimum atomic E-state index is 0.234. The van der Waals surface area contributed by atoms with Crippen molar-refractivity contribution in [3.05, 3.63) is 23.8 Å². The van der Waals surface area contributed by atoms with Crippen LogP contribution in [0.25, 0.3) is 11.0 Å². The van der Waals surface area contributed by atoms with Crippen molar-refractivity contribution in [2.24, 2.45) is 0 Å². The number of rotatable bonds is 2. The Morgan fingerprint density at radius 2 is 2.05 bits per heavy atom. The van der Waals surface area contributed by atoms with Crippen LogP contribution in [0.5, 0.6) is 0 Å². The fraction of sp³-hybridized carbons (Fsp3) is 0.500. The maximum Gasteiger partial charge on any atom is 0.206 e. The fourth-order valence-electron chi connectivity index (χ4n) is 3.49. The average molecular weight is 285 g/mol. The van der Waals surface area contributed by atoms with Gasteiger partial charge in [-0.2, -0.15) is 0 Å². The van der Waals surface area contributed by atoms with Crippen LogP contribution in [0.3, 0.4) is 0 Å². The van der Waals surface area contributed by atoms with Gasteiger partial charge in [-0.05, 0) is 25.0 Å². The zero-order valence-corrected chi connectivity index (χ0v) is 12.2. The van der Waals surface area contributed by atoms with Gasteiger partial charge < -0.3 is 14.2 Å². The number of ether oxygens (including phenoxy) is 1. The first kappa shape index (κ1) is 12.8. The standard InChI is InChI=1S/C16H19N3O2/c1-21-11-5-8-18(9-6-11)16-17-13-4-2-3-12-14(20)7-10-19(16)15(12)13/h2-4,11H,5-10H2,1H3. The maximum absolute atomic E-state index is 12.1. The molecule has 5 heteroatoms. The SMILES string of the molecule is COC1CCN(c2nc3cccc4c3n2CCC4=O)CC1. The molecule has 0 bridgehead atoms. The lowest BCUT2D eigenvalue weighted by Gasteiger charge is -2.32. The third-order valence-electron chi connectivity index (χ3n) is 4.67. The molecule has 0 amide bonds. The highest BCUT2D eigenvalue weighted by atomic mass is 16.5.